The average molecular weight is 333 g/mol. The Morgan fingerprint density at radius 2 is 2.04 bits per heavy atom. The van der Waals surface area contributed by atoms with E-state index in [0.717, 1.165) is 58.1 Å². The summed E-state index contributed by atoms with van der Waals surface area (Å²) < 4.78 is 7.55. The lowest BCUT2D eigenvalue weighted by atomic mass is 10.0. The topological polar surface area (TPSA) is 64.1 Å². The molecule has 1 aliphatic carbocycles. The first-order valence-corrected chi connectivity index (χ1v) is 8.71. The second kappa shape index (κ2) is 5.43. The van der Waals surface area contributed by atoms with Crippen molar-refractivity contribution in [2.75, 3.05) is 0 Å². The third-order valence-corrected chi connectivity index (χ3v) is 5.34. The van der Waals surface area contributed by atoms with Crippen LogP contribution in [0.3, 0.4) is 0 Å². The van der Waals surface area contributed by atoms with Gasteiger partial charge in [0, 0.05) is 22.5 Å². The summed E-state index contributed by atoms with van der Waals surface area (Å²) >= 11 is 0. The number of hydrogen-bond acceptors (Lipinski definition) is 4. The lowest BCUT2D eigenvalue weighted by molar-refractivity contribution is 0.138. The number of nitrogens with zero attached hydrogens (tertiary/aromatic N) is 3. The van der Waals surface area contributed by atoms with Crippen LogP contribution >= 0.6 is 0 Å². The van der Waals surface area contributed by atoms with Crippen LogP contribution in [0.2, 0.25) is 0 Å². The lowest BCUT2D eigenvalue weighted by Crippen LogP contribution is -2.17. The van der Waals surface area contributed by atoms with Crippen LogP contribution in [-0.4, -0.2) is 26.0 Å². The van der Waals surface area contributed by atoms with Gasteiger partial charge in [-0.3, -0.25) is 0 Å². The van der Waals surface area contributed by atoms with E-state index in [0.29, 0.717) is 0 Å². The van der Waals surface area contributed by atoms with Crippen LogP contribution in [0.5, 0.6) is 0 Å². The Morgan fingerprint density at radius 1 is 1.12 bits per heavy atom. The second-order valence-electron chi connectivity index (χ2n) is 6.92. The fraction of sp³-hybridized carbons (Fsp3) is 0.300. The monoisotopic (exact) mass is 333 g/mol. The molecule has 4 aromatic rings. The van der Waals surface area contributed by atoms with Crippen LogP contribution in [0, 0.1) is 6.92 Å². The molecule has 5 rings (SSSR count). The van der Waals surface area contributed by atoms with Crippen molar-refractivity contribution >= 4 is 22.0 Å². The first-order valence-electron chi connectivity index (χ1n) is 8.71. The van der Waals surface area contributed by atoms with Crippen molar-refractivity contribution in [3.63, 3.8) is 0 Å². The summed E-state index contributed by atoms with van der Waals surface area (Å²) in [7, 11) is 0. The fourth-order valence-electron chi connectivity index (χ4n) is 3.99. The molecule has 0 saturated heterocycles. The molecule has 1 fully saturated rings. The van der Waals surface area contributed by atoms with Crippen molar-refractivity contribution in [1.82, 2.24) is 14.8 Å². The molecular weight excluding hydrogens is 314 g/mol. The van der Waals surface area contributed by atoms with Gasteiger partial charge in [0.15, 0.2) is 5.65 Å². The molecule has 3 aromatic heterocycles. The normalized spacial score (nSPS) is 20.7. The zero-order chi connectivity index (χ0) is 17.0. The highest BCUT2D eigenvalue weighted by Crippen LogP contribution is 2.34. The lowest BCUT2D eigenvalue weighted by Gasteiger charge is -2.17. The minimum absolute atomic E-state index is 0.113. The van der Waals surface area contributed by atoms with Crippen molar-refractivity contribution in [2.24, 2.45) is 0 Å². The fourth-order valence-corrected chi connectivity index (χ4v) is 3.99. The molecule has 2 atom stereocenters. The maximum Gasteiger partial charge on any atom is 0.162 e. The standard InChI is InChI=1S/C20H19N3O2/c1-12-9-19-13(6-8-25-19)10-15(12)16-11-14-5-7-23(20(14)22-21-16)17-3-2-4-18(17)24/h5-11,17-18,24H,2-4H2,1H3/t17-,18-/m1/s1. The smallest absolute Gasteiger partial charge is 0.162 e. The summed E-state index contributed by atoms with van der Waals surface area (Å²) in [5, 5.41) is 21.3. The van der Waals surface area contributed by atoms with Crippen LogP contribution in [0.25, 0.3) is 33.3 Å². The van der Waals surface area contributed by atoms with Crippen LogP contribution < -0.4 is 0 Å². The van der Waals surface area contributed by atoms with Gasteiger partial charge >= 0.3 is 0 Å². The van der Waals surface area contributed by atoms with Gasteiger partial charge in [-0.25, -0.2) is 0 Å². The number of aliphatic hydroxyl groups excluding tert-OH is 1. The van der Waals surface area contributed by atoms with E-state index in [1.54, 1.807) is 6.26 Å². The molecule has 0 aliphatic heterocycles. The molecule has 3 heterocycles. The first-order chi connectivity index (χ1) is 12.2. The highest BCUT2D eigenvalue weighted by atomic mass is 16.3. The van der Waals surface area contributed by atoms with Crippen LogP contribution in [0.1, 0.15) is 30.9 Å². The molecule has 5 heteroatoms. The van der Waals surface area contributed by atoms with Gasteiger partial charge in [0.2, 0.25) is 0 Å². The van der Waals surface area contributed by atoms with Gasteiger partial charge < -0.3 is 14.1 Å². The Balaban J connectivity index is 1.61. The first kappa shape index (κ1) is 14.7. The minimum atomic E-state index is -0.289. The van der Waals surface area contributed by atoms with Crippen LogP contribution in [0.15, 0.2) is 47.2 Å². The van der Waals surface area contributed by atoms with Crippen molar-refractivity contribution in [2.45, 2.75) is 38.3 Å². The summed E-state index contributed by atoms with van der Waals surface area (Å²) in [5.41, 5.74) is 4.77. The Labute approximate surface area is 144 Å². The van der Waals surface area contributed by atoms with E-state index in [4.69, 9.17) is 4.42 Å². The van der Waals surface area contributed by atoms with E-state index < -0.39 is 0 Å². The second-order valence-corrected chi connectivity index (χ2v) is 6.92. The Bertz CT molecular complexity index is 1080. The molecule has 1 N–H and O–H groups in total. The summed E-state index contributed by atoms with van der Waals surface area (Å²) in [4.78, 5) is 0. The SMILES string of the molecule is Cc1cc2occc2cc1-c1cc2ccn([C@@H]3CCC[C@H]3O)c2nn1. The maximum absolute atomic E-state index is 10.2. The Morgan fingerprint density at radius 3 is 2.88 bits per heavy atom. The molecule has 5 nitrogen and oxygen atoms in total. The number of benzene rings is 1. The Kier molecular flexibility index (Phi) is 3.18. The zero-order valence-electron chi connectivity index (χ0n) is 14.0. The van der Waals surface area contributed by atoms with Gasteiger partial charge in [-0.1, -0.05) is 0 Å². The van der Waals surface area contributed by atoms with E-state index in [2.05, 4.69) is 39.9 Å². The minimum Gasteiger partial charge on any atom is -0.464 e. The van der Waals surface area contributed by atoms with E-state index in [1.807, 2.05) is 18.3 Å². The van der Waals surface area contributed by atoms with Gasteiger partial charge in [-0.2, -0.15) is 0 Å². The Hall–Kier alpha value is -2.66. The summed E-state index contributed by atoms with van der Waals surface area (Å²) in [6.07, 6.45) is 6.35. The largest absolute Gasteiger partial charge is 0.464 e. The number of aliphatic hydroxyl groups is 1. The third kappa shape index (κ3) is 2.27. The summed E-state index contributed by atoms with van der Waals surface area (Å²) in [5.74, 6) is 0. The van der Waals surface area contributed by atoms with Gasteiger partial charge in [-0.05, 0) is 62.1 Å². The molecule has 1 aliphatic rings. The molecule has 0 unspecified atom stereocenters. The van der Waals surface area contributed by atoms with Crippen molar-refractivity contribution in [1.29, 1.82) is 0 Å². The molecule has 0 radical (unpaired) electrons. The zero-order valence-corrected chi connectivity index (χ0v) is 14.0. The number of rotatable bonds is 2. The highest BCUT2D eigenvalue weighted by molar-refractivity contribution is 5.87. The predicted molar refractivity (Wildman–Crippen MR) is 96.4 cm³/mol. The number of aromatic nitrogens is 3. The van der Waals surface area contributed by atoms with Gasteiger partial charge in [0.25, 0.3) is 0 Å². The molecule has 0 bridgehead atoms. The quantitative estimate of drug-likeness (QED) is 0.596. The number of aryl methyl sites for hydroxylation is 1. The predicted octanol–water partition coefficient (Wildman–Crippen LogP) is 4.24. The van der Waals surface area contributed by atoms with Gasteiger partial charge in [0.05, 0.1) is 24.1 Å². The van der Waals surface area contributed by atoms with E-state index in [1.165, 1.54) is 0 Å². The van der Waals surface area contributed by atoms with Crippen molar-refractivity contribution < 1.29 is 9.52 Å². The molecule has 25 heavy (non-hydrogen) atoms. The summed E-state index contributed by atoms with van der Waals surface area (Å²) in [6, 6.07) is 10.3. The van der Waals surface area contributed by atoms with Crippen molar-refractivity contribution in [3.05, 3.63) is 48.4 Å². The molecular formula is C20H19N3O2. The van der Waals surface area contributed by atoms with Crippen LogP contribution in [-0.2, 0) is 0 Å². The highest BCUT2D eigenvalue weighted by Gasteiger charge is 2.28. The molecule has 1 saturated carbocycles. The average Bonchev–Trinajstić information content (AvgIpc) is 3.32. The van der Waals surface area contributed by atoms with Gasteiger partial charge in [-0.15, -0.1) is 10.2 Å². The van der Waals surface area contributed by atoms with Gasteiger partial charge in [0.1, 0.15) is 5.58 Å². The summed E-state index contributed by atoms with van der Waals surface area (Å²) in [6.45, 7) is 2.06. The molecule has 0 amide bonds. The molecule has 1 aromatic carbocycles. The number of hydrogen-bond donors (Lipinski definition) is 1. The molecule has 0 spiro atoms. The third-order valence-electron chi connectivity index (χ3n) is 5.34. The maximum atomic E-state index is 10.2. The molecule has 126 valence electrons. The van der Waals surface area contributed by atoms with E-state index in [9.17, 15) is 5.11 Å². The number of fused-ring (bicyclic) bond motifs is 2. The van der Waals surface area contributed by atoms with Crippen molar-refractivity contribution in [3.8, 4) is 11.3 Å². The number of furan rings is 1. The van der Waals surface area contributed by atoms with Crippen LogP contribution in [0.4, 0.5) is 0 Å². The van der Waals surface area contributed by atoms with E-state index >= 15 is 0 Å². The van der Waals surface area contributed by atoms with E-state index in [-0.39, 0.29) is 12.1 Å².